The number of nitrogens with zero attached hydrogens (tertiary/aromatic N) is 1. The summed E-state index contributed by atoms with van der Waals surface area (Å²) < 4.78 is 24.8. The van der Waals surface area contributed by atoms with Crippen molar-refractivity contribution in [1.82, 2.24) is 9.62 Å². The highest BCUT2D eigenvalue weighted by Gasteiger charge is 2.27. The molecule has 0 rings (SSSR count). The van der Waals surface area contributed by atoms with E-state index in [0.717, 1.165) is 0 Å². The van der Waals surface area contributed by atoms with Gasteiger partial charge in [-0.1, -0.05) is 6.92 Å². The summed E-state index contributed by atoms with van der Waals surface area (Å²) in [6.07, 6.45) is 0. The maximum Gasteiger partial charge on any atom is 0.223 e. The molecule has 2 unspecified atom stereocenters. The van der Waals surface area contributed by atoms with E-state index in [4.69, 9.17) is 5.73 Å². The Labute approximate surface area is 97.2 Å². The fraction of sp³-hybridized carbons (Fsp3) is 0.889. The molecule has 96 valence electrons. The lowest BCUT2D eigenvalue weighted by Gasteiger charge is -2.23. The smallest absolute Gasteiger partial charge is 0.223 e. The van der Waals surface area contributed by atoms with Crippen LogP contribution in [0.1, 0.15) is 13.8 Å². The Bertz CT molecular complexity index is 329. The van der Waals surface area contributed by atoms with Crippen LogP contribution in [0.3, 0.4) is 0 Å². The molecule has 0 aliphatic rings. The van der Waals surface area contributed by atoms with E-state index in [1.54, 1.807) is 13.8 Å². The van der Waals surface area contributed by atoms with Gasteiger partial charge < -0.3 is 11.1 Å². The molecule has 0 aliphatic heterocycles. The van der Waals surface area contributed by atoms with E-state index in [9.17, 15) is 13.2 Å². The molecular weight excluding hydrogens is 230 g/mol. The summed E-state index contributed by atoms with van der Waals surface area (Å²) in [5, 5.41) is 1.85. The molecular formula is C9H21N3O3S. The maximum absolute atomic E-state index is 11.8. The molecule has 6 nitrogen and oxygen atoms in total. The van der Waals surface area contributed by atoms with Crippen LogP contribution in [0.4, 0.5) is 0 Å². The van der Waals surface area contributed by atoms with E-state index >= 15 is 0 Å². The zero-order valence-electron chi connectivity index (χ0n) is 10.2. The van der Waals surface area contributed by atoms with Crippen LogP contribution in [0.2, 0.25) is 0 Å². The van der Waals surface area contributed by atoms with E-state index in [2.05, 4.69) is 5.32 Å². The van der Waals surface area contributed by atoms with E-state index in [0.29, 0.717) is 0 Å². The van der Waals surface area contributed by atoms with Crippen molar-refractivity contribution in [3.63, 3.8) is 0 Å². The van der Waals surface area contributed by atoms with Gasteiger partial charge in [-0.15, -0.1) is 0 Å². The first-order valence-electron chi connectivity index (χ1n) is 5.14. The highest BCUT2D eigenvalue weighted by Crippen LogP contribution is 2.08. The summed E-state index contributed by atoms with van der Waals surface area (Å²) >= 11 is 0. The molecule has 0 heterocycles. The molecule has 16 heavy (non-hydrogen) atoms. The number of carbonyl (C=O) groups excluding carboxylic acids is 1. The molecule has 7 heteroatoms. The zero-order valence-corrected chi connectivity index (χ0v) is 11.0. The van der Waals surface area contributed by atoms with Crippen LogP contribution in [-0.2, 0) is 14.8 Å². The standard InChI is InChI=1S/C9H21N3O3S/c1-7(9(13)11-3)6-12(4)16(14,15)8(2)5-10/h7-8H,5-6,10H2,1-4H3,(H,11,13). The van der Waals surface area contributed by atoms with Gasteiger partial charge in [-0.3, -0.25) is 4.79 Å². The van der Waals surface area contributed by atoms with Gasteiger partial charge >= 0.3 is 0 Å². The summed E-state index contributed by atoms with van der Waals surface area (Å²) in [5.74, 6) is -0.558. The number of nitrogens with two attached hydrogens (primary N) is 1. The molecule has 0 aromatic rings. The summed E-state index contributed by atoms with van der Waals surface area (Å²) in [5.41, 5.74) is 5.33. The Balaban J connectivity index is 4.58. The number of carbonyl (C=O) groups is 1. The largest absolute Gasteiger partial charge is 0.359 e. The fourth-order valence-electron chi connectivity index (χ4n) is 1.25. The van der Waals surface area contributed by atoms with Crippen molar-refractivity contribution in [3.8, 4) is 0 Å². The third-order valence-corrected chi connectivity index (χ3v) is 4.73. The Morgan fingerprint density at radius 1 is 1.44 bits per heavy atom. The average Bonchev–Trinajstić information content (AvgIpc) is 2.26. The van der Waals surface area contributed by atoms with Crippen LogP contribution in [0.25, 0.3) is 0 Å². The monoisotopic (exact) mass is 251 g/mol. The second-order valence-electron chi connectivity index (χ2n) is 3.89. The SMILES string of the molecule is CNC(=O)C(C)CN(C)S(=O)(=O)C(C)CN. The van der Waals surface area contributed by atoms with Gasteiger partial charge in [0.25, 0.3) is 0 Å². The molecule has 0 saturated carbocycles. The summed E-state index contributed by atoms with van der Waals surface area (Å²) in [6.45, 7) is 3.46. The van der Waals surface area contributed by atoms with Gasteiger partial charge in [0, 0.05) is 33.1 Å². The number of amides is 1. The predicted molar refractivity (Wildman–Crippen MR) is 63.3 cm³/mol. The minimum absolute atomic E-state index is 0.0705. The molecule has 0 aliphatic carbocycles. The van der Waals surface area contributed by atoms with Gasteiger partial charge in [-0.25, -0.2) is 12.7 Å². The Morgan fingerprint density at radius 2 is 1.94 bits per heavy atom. The molecule has 0 radical (unpaired) electrons. The summed E-state index contributed by atoms with van der Waals surface area (Å²) in [4.78, 5) is 11.3. The van der Waals surface area contributed by atoms with Crippen molar-refractivity contribution in [2.45, 2.75) is 19.1 Å². The lowest BCUT2D eigenvalue weighted by atomic mass is 10.2. The average molecular weight is 251 g/mol. The number of sulfonamides is 1. The van der Waals surface area contributed by atoms with Gasteiger partial charge in [0.15, 0.2) is 0 Å². The summed E-state index contributed by atoms with van der Waals surface area (Å²) in [6, 6.07) is 0. The third-order valence-electron chi connectivity index (χ3n) is 2.50. The number of hydrogen-bond acceptors (Lipinski definition) is 4. The van der Waals surface area contributed by atoms with Gasteiger partial charge in [0.2, 0.25) is 15.9 Å². The highest BCUT2D eigenvalue weighted by molar-refractivity contribution is 7.89. The van der Waals surface area contributed by atoms with Gasteiger partial charge in [0.05, 0.1) is 5.25 Å². The quantitative estimate of drug-likeness (QED) is 0.632. The van der Waals surface area contributed by atoms with E-state index in [1.807, 2.05) is 0 Å². The molecule has 0 spiro atoms. The van der Waals surface area contributed by atoms with Crippen LogP contribution in [0.15, 0.2) is 0 Å². The lowest BCUT2D eigenvalue weighted by Crippen LogP contribution is -2.42. The molecule has 3 N–H and O–H groups in total. The molecule has 0 saturated heterocycles. The second-order valence-corrected chi connectivity index (χ2v) is 6.35. The van der Waals surface area contributed by atoms with Crippen molar-refractivity contribution < 1.29 is 13.2 Å². The first-order chi connectivity index (χ1) is 7.27. The van der Waals surface area contributed by atoms with Gasteiger partial charge in [-0.2, -0.15) is 0 Å². The molecule has 2 atom stereocenters. The van der Waals surface area contributed by atoms with Crippen molar-refractivity contribution in [1.29, 1.82) is 0 Å². The number of hydrogen-bond donors (Lipinski definition) is 2. The van der Waals surface area contributed by atoms with Crippen LogP contribution >= 0.6 is 0 Å². The van der Waals surface area contributed by atoms with Crippen molar-refractivity contribution >= 4 is 15.9 Å². The number of rotatable bonds is 6. The highest BCUT2D eigenvalue weighted by atomic mass is 32.2. The topological polar surface area (TPSA) is 92.5 Å². The molecule has 0 fully saturated rings. The first kappa shape index (κ1) is 15.3. The van der Waals surface area contributed by atoms with Crippen LogP contribution < -0.4 is 11.1 Å². The van der Waals surface area contributed by atoms with E-state index in [1.165, 1.54) is 18.4 Å². The van der Waals surface area contributed by atoms with Gasteiger partial charge in [-0.05, 0) is 6.92 Å². The molecule has 0 aromatic heterocycles. The number of nitrogens with one attached hydrogen (secondary N) is 1. The Kier molecular flexibility index (Phi) is 5.91. The first-order valence-corrected chi connectivity index (χ1v) is 6.64. The maximum atomic E-state index is 11.8. The molecule has 1 amide bonds. The minimum Gasteiger partial charge on any atom is -0.359 e. The molecule has 0 aromatic carbocycles. The minimum atomic E-state index is -3.40. The zero-order chi connectivity index (χ0) is 12.9. The predicted octanol–water partition coefficient (Wildman–Crippen LogP) is -1.02. The Morgan fingerprint density at radius 3 is 2.31 bits per heavy atom. The van der Waals surface area contributed by atoms with Crippen LogP contribution in [-0.4, -0.2) is 51.1 Å². The van der Waals surface area contributed by atoms with Gasteiger partial charge in [0.1, 0.15) is 0 Å². The second kappa shape index (κ2) is 6.17. The van der Waals surface area contributed by atoms with Crippen LogP contribution in [0.5, 0.6) is 0 Å². The van der Waals surface area contributed by atoms with Crippen molar-refractivity contribution in [2.75, 3.05) is 27.2 Å². The normalized spacial score (nSPS) is 15.9. The summed E-state index contributed by atoms with van der Waals surface area (Å²) in [7, 11) is -0.415. The molecule has 0 bridgehead atoms. The third kappa shape index (κ3) is 3.73. The fourth-order valence-corrected chi connectivity index (χ4v) is 2.54. The van der Waals surface area contributed by atoms with Crippen molar-refractivity contribution in [2.24, 2.45) is 11.7 Å². The van der Waals surface area contributed by atoms with E-state index < -0.39 is 15.3 Å². The van der Waals surface area contributed by atoms with Crippen LogP contribution in [0, 0.1) is 5.92 Å². The van der Waals surface area contributed by atoms with Crippen molar-refractivity contribution in [3.05, 3.63) is 0 Å². The van der Waals surface area contributed by atoms with E-state index in [-0.39, 0.29) is 24.9 Å². The lowest BCUT2D eigenvalue weighted by molar-refractivity contribution is -0.124. The Hall–Kier alpha value is -0.660.